The van der Waals surface area contributed by atoms with Crippen molar-refractivity contribution < 1.29 is 4.74 Å². The van der Waals surface area contributed by atoms with Gasteiger partial charge in [-0.25, -0.2) is 0 Å². The third kappa shape index (κ3) is 9.58. The van der Waals surface area contributed by atoms with Gasteiger partial charge in [0.2, 0.25) is 0 Å². The van der Waals surface area contributed by atoms with Crippen LogP contribution in [0.4, 0.5) is 0 Å². The van der Waals surface area contributed by atoms with Gasteiger partial charge in [-0.1, -0.05) is 41.5 Å². The van der Waals surface area contributed by atoms with E-state index in [1.54, 1.807) is 0 Å². The van der Waals surface area contributed by atoms with E-state index in [0.717, 1.165) is 11.5 Å². The highest BCUT2D eigenvalue weighted by Gasteiger charge is 2.09. The maximum Gasteiger partial charge on any atom is 0.0970 e. The lowest BCUT2D eigenvalue weighted by Gasteiger charge is -2.17. The Hall–Kier alpha value is -0.720. The van der Waals surface area contributed by atoms with E-state index in [9.17, 15) is 0 Å². The molecule has 0 fully saturated rings. The van der Waals surface area contributed by atoms with Crippen LogP contribution < -0.4 is 0 Å². The van der Waals surface area contributed by atoms with Crippen LogP contribution in [-0.4, -0.2) is 0 Å². The first kappa shape index (κ1) is 14.3. The molecule has 0 unspecified atom stereocenters. The Bertz CT molecular complexity index is 228. The molecular formula is C14H26O. The molecule has 88 valence electrons. The van der Waals surface area contributed by atoms with Crippen LogP contribution in [0.15, 0.2) is 23.7 Å². The van der Waals surface area contributed by atoms with Gasteiger partial charge in [0, 0.05) is 0 Å². The van der Waals surface area contributed by atoms with Crippen LogP contribution in [0, 0.1) is 10.8 Å². The summed E-state index contributed by atoms with van der Waals surface area (Å²) in [5.41, 5.74) is 0.345. The maximum absolute atomic E-state index is 5.72. The van der Waals surface area contributed by atoms with Gasteiger partial charge in [-0.2, -0.15) is 0 Å². The molecule has 0 aliphatic heterocycles. The molecule has 1 heteroatoms. The Morgan fingerprint density at radius 2 is 1.00 bits per heavy atom. The number of hydrogen-bond acceptors (Lipinski definition) is 1. The Labute approximate surface area is 95.2 Å². The molecule has 0 aromatic heterocycles. The SMILES string of the molecule is CC(=CC(C)(C)C)OC(C)=CC(C)(C)C. The van der Waals surface area contributed by atoms with Crippen molar-refractivity contribution >= 4 is 0 Å². The zero-order valence-corrected chi connectivity index (χ0v) is 11.6. The topological polar surface area (TPSA) is 9.23 Å². The lowest BCUT2D eigenvalue weighted by atomic mass is 9.95. The molecular weight excluding hydrogens is 184 g/mol. The Kier molecular flexibility index (Phi) is 4.64. The average Bonchev–Trinajstić information content (AvgIpc) is 1.73. The highest BCUT2D eigenvalue weighted by Crippen LogP contribution is 2.22. The molecule has 0 radical (unpaired) electrons. The molecule has 0 aromatic carbocycles. The van der Waals surface area contributed by atoms with Gasteiger partial charge in [-0.3, -0.25) is 0 Å². The van der Waals surface area contributed by atoms with Crippen LogP contribution in [0.2, 0.25) is 0 Å². The second kappa shape index (κ2) is 4.87. The highest BCUT2D eigenvalue weighted by atomic mass is 16.5. The van der Waals surface area contributed by atoms with Gasteiger partial charge < -0.3 is 4.74 Å². The molecule has 15 heavy (non-hydrogen) atoms. The van der Waals surface area contributed by atoms with Crippen LogP contribution in [0.25, 0.3) is 0 Å². The fraction of sp³-hybridized carbons (Fsp3) is 0.714. The van der Waals surface area contributed by atoms with Crippen molar-refractivity contribution in [2.45, 2.75) is 55.4 Å². The smallest absolute Gasteiger partial charge is 0.0970 e. The molecule has 0 heterocycles. The van der Waals surface area contributed by atoms with Gasteiger partial charge in [0.1, 0.15) is 0 Å². The van der Waals surface area contributed by atoms with Crippen molar-refractivity contribution in [2.75, 3.05) is 0 Å². The second-order valence-corrected chi connectivity index (χ2v) is 6.34. The van der Waals surface area contributed by atoms with Crippen molar-refractivity contribution in [3.05, 3.63) is 23.7 Å². The predicted octanol–water partition coefficient (Wildman–Crippen LogP) is 4.90. The molecule has 0 aliphatic rings. The summed E-state index contributed by atoms with van der Waals surface area (Å²) in [7, 11) is 0. The van der Waals surface area contributed by atoms with E-state index in [1.807, 2.05) is 13.8 Å². The zero-order valence-electron chi connectivity index (χ0n) is 11.6. The Balaban J connectivity index is 4.50. The van der Waals surface area contributed by atoms with Crippen LogP contribution in [-0.2, 0) is 4.74 Å². The van der Waals surface area contributed by atoms with E-state index in [-0.39, 0.29) is 10.8 Å². The molecule has 0 bridgehead atoms. The molecule has 0 aromatic rings. The van der Waals surface area contributed by atoms with Crippen molar-refractivity contribution in [3.63, 3.8) is 0 Å². The standard InChI is InChI=1S/C14H26O/c1-11(9-13(3,4)5)15-12(2)10-14(6,7)8/h9-10H,1-8H3. The maximum atomic E-state index is 5.72. The van der Waals surface area contributed by atoms with Gasteiger partial charge in [0.25, 0.3) is 0 Å². The molecule has 0 rings (SSSR count). The minimum Gasteiger partial charge on any atom is -0.467 e. The zero-order chi connectivity index (χ0) is 12.3. The van der Waals surface area contributed by atoms with E-state index in [2.05, 4.69) is 53.7 Å². The van der Waals surface area contributed by atoms with Gasteiger partial charge >= 0.3 is 0 Å². The van der Waals surface area contributed by atoms with Gasteiger partial charge in [-0.05, 0) is 36.8 Å². The monoisotopic (exact) mass is 210 g/mol. The van der Waals surface area contributed by atoms with Crippen molar-refractivity contribution in [3.8, 4) is 0 Å². The van der Waals surface area contributed by atoms with Gasteiger partial charge in [0.05, 0.1) is 11.5 Å². The summed E-state index contributed by atoms with van der Waals surface area (Å²) in [5, 5.41) is 0. The van der Waals surface area contributed by atoms with E-state index in [4.69, 9.17) is 4.74 Å². The molecule has 0 aliphatic carbocycles. The van der Waals surface area contributed by atoms with E-state index >= 15 is 0 Å². The van der Waals surface area contributed by atoms with Crippen molar-refractivity contribution in [1.29, 1.82) is 0 Å². The number of ether oxygens (including phenoxy) is 1. The fourth-order valence-electron chi connectivity index (χ4n) is 1.53. The summed E-state index contributed by atoms with van der Waals surface area (Å²) < 4.78 is 5.72. The molecule has 0 atom stereocenters. The molecule has 0 spiro atoms. The summed E-state index contributed by atoms with van der Waals surface area (Å²) in [6.45, 7) is 17.0. The third-order valence-electron chi connectivity index (χ3n) is 1.59. The molecule has 0 amide bonds. The summed E-state index contributed by atoms with van der Waals surface area (Å²) in [5.74, 6) is 1.95. The van der Waals surface area contributed by atoms with Crippen LogP contribution in [0.3, 0.4) is 0 Å². The average molecular weight is 210 g/mol. The first-order valence-electron chi connectivity index (χ1n) is 5.56. The minimum atomic E-state index is 0.173. The van der Waals surface area contributed by atoms with E-state index < -0.39 is 0 Å². The summed E-state index contributed by atoms with van der Waals surface area (Å²) in [6.07, 6.45) is 4.29. The second-order valence-electron chi connectivity index (χ2n) is 6.34. The third-order valence-corrected chi connectivity index (χ3v) is 1.59. The first-order valence-corrected chi connectivity index (χ1v) is 5.56. The highest BCUT2D eigenvalue weighted by molar-refractivity contribution is 5.04. The first-order chi connectivity index (χ1) is 6.49. The lowest BCUT2D eigenvalue weighted by Crippen LogP contribution is -2.04. The van der Waals surface area contributed by atoms with Crippen LogP contribution in [0.5, 0.6) is 0 Å². The van der Waals surface area contributed by atoms with Gasteiger partial charge in [0.15, 0.2) is 0 Å². The molecule has 1 nitrogen and oxygen atoms in total. The Morgan fingerprint density at radius 1 is 0.733 bits per heavy atom. The van der Waals surface area contributed by atoms with Crippen LogP contribution >= 0.6 is 0 Å². The number of hydrogen-bond donors (Lipinski definition) is 0. The molecule has 0 N–H and O–H groups in total. The predicted molar refractivity (Wildman–Crippen MR) is 67.5 cm³/mol. The molecule has 0 saturated heterocycles. The van der Waals surface area contributed by atoms with E-state index in [1.165, 1.54) is 0 Å². The van der Waals surface area contributed by atoms with Crippen LogP contribution in [0.1, 0.15) is 55.4 Å². The quantitative estimate of drug-likeness (QED) is 0.589. The van der Waals surface area contributed by atoms with Crippen molar-refractivity contribution in [2.24, 2.45) is 10.8 Å². The van der Waals surface area contributed by atoms with E-state index in [0.29, 0.717) is 0 Å². The lowest BCUT2D eigenvalue weighted by molar-refractivity contribution is 0.291. The Morgan fingerprint density at radius 3 is 1.20 bits per heavy atom. The fourth-order valence-corrected chi connectivity index (χ4v) is 1.53. The largest absolute Gasteiger partial charge is 0.467 e. The number of allylic oxidation sites excluding steroid dienone is 4. The van der Waals surface area contributed by atoms with Crippen molar-refractivity contribution in [1.82, 2.24) is 0 Å². The summed E-state index contributed by atoms with van der Waals surface area (Å²) >= 11 is 0. The minimum absolute atomic E-state index is 0.173. The summed E-state index contributed by atoms with van der Waals surface area (Å²) in [6, 6.07) is 0. The normalized spacial score (nSPS) is 15.5. The summed E-state index contributed by atoms with van der Waals surface area (Å²) in [4.78, 5) is 0. The van der Waals surface area contributed by atoms with Gasteiger partial charge in [-0.15, -0.1) is 0 Å². The molecule has 0 saturated carbocycles. The number of rotatable bonds is 2.